The number of thioether (sulfide) groups is 1. The fourth-order valence-corrected chi connectivity index (χ4v) is 3.08. The molecule has 0 saturated carbocycles. The van der Waals surface area contributed by atoms with E-state index >= 15 is 0 Å². The van der Waals surface area contributed by atoms with Crippen LogP contribution in [0, 0.1) is 12.3 Å². The molecule has 1 saturated heterocycles. The summed E-state index contributed by atoms with van der Waals surface area (Å²) in [5.74, 6) is 3.99. The Balaban J connectivity index is 2.15. The van der Waals surface area contributed by atoms with Crippen molar-refractivity contribution in [2.24, 2.45) is 0 Å². The maximum Gasteiger partial charge on any atom is 0.234 e. The number of carbonyl (C=O) groups excluding carboxylic acids is 1. The molecule has 1 aromatic rings. The van der Waals surface area contributed by atoms with Gasteiger partial charge in [-0.05, 0) is 24.6 Å². The van der Waals surface area contributed by atoms with Crippen molar-refractivity contribution in [3.63, 3.8) is 0 Å². The Morgan fingerprint density at radius 1 is 1.50 bits per heavy atom. The van der Waals surface area contributed by atoms with Crippen LogP contribution in [0.4, 0.5) is 0 Å². The van der Waals surface area contributed by atoms with Crippen molar-refractivity contribution in [3.05, 3.63) is 29.8 Å². The molecule has 2 rings (SSSR count). The van der Waals surface area contributed by atoms with Gasteiger partial charge in [-0.3, -0.25) is 4.79 Å². The first-order valence-corrected chi connectivity index (χ1v) is 6.88. The predicted molar refractivity (Wildman–Crippen MR) is 73.4 cm³/mol. The molecule has 4 heteroatoms. The van der Waals surface area contributed by atoms with Gasteiger partial charge in [0.1, 0.15) is 11.1 Å². The second-order valence-corrected chi connectivity index (χ2v) is 4.96. The number of hydrogen-bond donors (Lipinski definition) is 0. The van der Waals surface area contributed by atoms with Gasteiger partial charge >= 0.3 is 0 Å². The molecule has 1 aliphatic rings. The van der Waals surface area contributed by atoms with E-state index in [1.165, 1.54) is 0 Å². The molecule has 1 fully saturated rings. The molecular formula is C14H15NO2S. The van der Waals surface area contributed by atoms with Crippen LogP contribution in [0.3, 0.4) is 0 Å². The number of nitrogens with zero attached hydrogens (tertiary/aromatic N) is 1. The summed E-state index contributed by atoms with van der Waals surface area (Å²) in [7, 11) is 0. The maximum atomic E-state index is 11.7. The first kappa shape index (κ1) is 12.8. The standard InChI is InChI=1S/C14H15NO2S/c1-3-9-15-13(16)10-18-14(15)11-5-7-12(8-6-11)17-4-2/h1,5-8,14H,4,9-10H2,2H3. The molecule has 0 radical (unpaired) electrons. The number of rotatable bonds is 4. The van der Waals surface area contributed by atoms with E-state index in [4.69, 9.17) is 11.2 Å². The first-order chi connectivity index (χ1) is 8.76. The Morgan fingerprint density at radius 2 is 2.22 bits per heavy atom. The Morgan fingerprint density at radius 3 is 2.83 bits per heavy atom. The van der Waals surface area contributed by atoms with E-state index in [1.54, 1.807) is 16.7 Å². The van der Waals surface area contributed by atoms with Crippen LogP contribution in [0.15, 0.2) is 24.3 Å². The van der Waals surface area contributed by atoms with Crippen LogP contribution in [0.1, 0.15) is 17.9 Å². The summed E-state index contributed by atoms with van der Waals surface area (Å²) in [6.45, 7) is 2.97. The molecule has 18 heavy (non-hydrogen) atoms. The van der Waals surface area contributed by atoms with E-state index in [9.17, 15) is 4.79 Å². The lowest BCUT2D eigenvalue weighted by Crippen LogP contribution is -2.28. The third-order valence-electron chi connectivity index (χ3n) is 2.71. The van der Waals surface area contributed by atoms with Gasteiger partial charge in [0, 0.05) is 0 Å². The Hall–Kier alpha value is -1.60. The largest absolute Gasteiger partial charge is 0.494 e. The van der Waals surface area contributed by atoms with Gasteiger partial charge in [0.2, 0.25) is 5.91 Å². The van der Waals surface area contributed by atoms with E-state index in [0.29, 0.717) is 18.9 Å². The van der Waals surface area contributed by atoms with Gasteiger partial charge in [-0.1, -0.05) is 18.1 Å². The molecule has 1 atom stereocenters. The second kappa shape index (κ2) is 5.83. The fraction of sp³-hybridized carbons (Fsp3) is 0.357. The minimum atomic E-state index is 0.0317. The maximum absolute atomic E-state index is 11.7. The molecule has 0 aliphatic carbocycles. The molecule has 3 nitrogen and oxygen atoms in total. The van der Waals surface area contributed by atoms with E-state index < -0.39 is 0 Å². The summed E-state index contributed by atoms with van der Waals surface area (Å²) in [5.41, 5.74) is 1.09. The van der Waals surface area contributed by atoms with Crippen molar-refractivity contribution in [2.75, 3.05) is 18.9 Å². The topological polar surface area (TPSA) is 29.5 Å². The van der Waals surface area contributed by atoms with Crippen molar-refractivity contribution >= 4 is 17.7 Å². The first-order valence-electron chi connectivity index (χ1n) is 5.83. The molecule has 1 amide bonds. The third-order valence-corrected chi connectivity index (χ3v) is 3.96. The van der Waals surface area contributed by atoms with Gasteiger partial charge in [0.25, 0.3) is 0 Å². The molecule has 0 N–H and O–H groups in total. The lowest BCUT2D eigenvalue weighted by Gasteiger charge is -2.22. The van der Waals surface area contributed by atoms with Crippen LogP contribution in [-0.4, -0.2) is 29.7 Å². The Labute approximate surface area is 112 Å². The average Bonchev–Trinajstić information content (AvgIpc) is 2.73. The van der Waals surface area contributed by atoms with Crippen molar-refractivity contribution in [1.29, 1.82) is 0 Å². The summed E-state index contributed by atoms with van der Waals surface area (Å²) >= 11 is 1.61. The summed E-state index contributed by atoms with van der Waals surface area (Å²) in [5, 5.41) is 0.0317. The minimum absolute atomic E-state index is 0.0317. The van der Waals surface area contributed by atoms with E-state index in [-0.39, 0.29) is 11.3 Å². The quantitative estimate of drug-likeness (QED) is 0.779. The van der Waals surface area contributed by atoms with Gasteiger partial charge in [-0.15, -0.1) is 18.2 Å². The monoisotopic (exact) mass is 261 g/mol. The molecule has 0 bridgehead atoms. The van der Waals surface area contributed by atoms with Gasteiger partial charge in [0.05, 0.1) is 18.9 Å². The van der Waals surface area contributed by atoms with Crippen LogP contribution in [-0.2, 0) is 4.79 Å². The summed E-state index contributed by atoms with van der Waals surface area (Å²) < 4.78 is 5.40. The van der Waals surface area contributed by atoms with E-state index in [1.807, 2.05) is 31.2 Å². The number of benzene rings is 1. The molecule has 94 valence electrons. The van der Waals surface area contributed by atoms with E-state index in [0.717, 1.165) is 11.3 Å². The van der Waals surface area contributed by atoms with Crippen molar-refractivity contribution in [1.82, 2.24) is 4.90 Å². The third kappa shape index (κ3) is 2.62. The Bertz CT molecular complexity index is 464. The molecule has 1 unspecified atom stereocenters. The smallest absolute Gasteiger partial charge is 0.234 e. The molecule has 1 aliphatic heterocycles. The summed E-state index contributed by atoms with van der Waals surface area (Å²) in [6.07, 6.45) is 5.30. The number of hydrogen-bond acceptors (Lipinski definition) is 3. The predicted octanol–water partition coefficient (Wildman–Crippen LogP) is 2.29. The SMILES string of the molecule is C#CCN1C(=O)CSC1c1ccc(OCC)cc1. The van der Waals surface area contributed by atoms with Crippen LogP contribution >= 0.6 is 11.8 Å². The second-order valence-electron chi connectivity index (χ2n) is 3.89. The fourth-order valence-electron chi connectivity index (χ4n) is 1.89. The molecule has 1 heterocycles. The summed E-state index contributed by atoms with van der Waals surface area (Å²) in [6, 6.07) is 7.84. The normalized spacial score (nSPS) is 18.8. The number of amides is 1. The van der Waals surface area contributed by atoms with Gasteiger partial charge in [-0.2, -0.15) is 0 Å². The van der Waals surface area contributed by atoms with Gasteiger partial charge < -0.3 is 9.64 Å². The number of terminal acetylenes is 1. The average molecular weight is 261 g/mol. The summed E-state index contributed by atoms with van der Waals surface area (Å²) in [4.78, 5) is 13.4. The zero-order valence-corrected chi connectivity index (χ0v) is 11.1. The van der Waals surface area contributed by atoms with Crippen molar-refractivity contribution in [2.45, 2.75) is 12.3 Å². The molecule has 0 aromatic heterocycles. The lowest BCUT2D eigenvalue weighted by molar-refractivity contribution is -0.127. The van der Waals surface area contributed by atoms with Crippen molar-refractivity contribution in [3.8, 4) is 18.1 Å². The van der Waals surface area contributed by atoms with Crippen LogP contribution < -0.4 is 4.74 Å². The highest BCUT2D eigenvalue weighted by Gasteiger charge is 2.31. The number of ether oxygens (including phenoxy) is 1. The zero-order chi connectivity index (χ0) is 13.0. The molecular weight excluding hydrogens is 246 g/mol. The molecule has 0 spiro atoms. The highest BCUT2D eigenvalue weighted by atomic mass is 32.2. The van der Waals surface area contributed by atoms with Gasteiger partial charge in [0.15, 0.2) is 0 Å². The number of carbonyl (C=O) groups is 1. The van der Waals surface area contributed by atoms with Crippen molar-refractivity contribution < 1.29 is 9.53 Å². The minimum Gasteiger partial charge on any atom is -0.494 e. The van der Waals surface area contributed by atoms with Crippen LogP contribution in [0.25, 0.3) is 0 Å². The van der Waals surface area contributed by atoms with Crippen LogP contribution in [0.5, 0.6) is 5.75 Å². The zero-order valence-electron chi connectivity index (χ0n) is 10.3. The van der Waals surface area contributed by atoms with Crippen LogP contribution in [0.2, 0.25) is 0 Å². The highest BCUT2D eigenvalue weighted by Crippen LogP contribution is 2.38. The highest BCUT2D eigenvalue weighted by molar-refractivity contribution is 8.00. The lowest BCUT2D eigenvalue weighted by atomic mass is 10.2. The van der Waals surface area contributed by atoms with Gasteiger partial charge in [-0.25, -0.2) is 0 Å². The molecule has 1 aromatic carbocycles. The Kier molecular flexibility index (Phi) is 4.16. The van der Waals surface area contributed by atoms with E-state index in [2.05, 4.69) is 5.92 Å².